The maximum atomic E-state index is 11.1. The maximum Gasteiger partial charge on any atom is 0.220 e. The van der Waals surface area contributed by atoms with Crippen LogP contribution < -0.4 is 10.6 Å². The molecule has 94 valence electrons. The molecule has 0 aromatic carbocycles. The molecule has 1 fully saturated rings. The van der Waals surface area contributed by atoms with Crippen molar-refractivity contribution >= 4 is 17.2 Å². The largest absolute Gasteiger partial charge is 0.355 e. The molecule has 1 aliphatic rings. The number of amides is 1. The Morgan fingerprint density at radius 2 is 2.29 bits per heavy atom. The first kappa shape index (κ1) is 12.6. The van der Waals surface area contributed by atoms with Crippen molar-refractivity contribution in [1.29, 1.82) is 0 Å². The normalized spacial score (nSPS) is 22.3. The fourth-order valence-electron chi connectivity index (χ4n) is 2.40. The molecule has 1 amide bonds. The second-order valence-electron chi connectivity index (χ2n) is 4.80. The van der Waals surface area contributed by atoms with Crippen LogP contribution in [0.5, 0.6) is 0 Å². The molecule has 0 spiro atoms. The van der Waals surface area contributed by atoms with Gasteiger partial charge in [0.25, 0.3) is 0 Å². The monoisotopic (exact) mass is 252 g/mol. The first-order valence-corrected chi connectivity index (χ1v) is 6.97. The molecule has 0 saturated carbocycles. The second kappa shape index (κ2) is 5.19. The third-order valence-electron chi connectivity index (χ3n) is 3.30. The van der Waals surface area contributed by atoms with Gasteiger partial charge in [-0.05, 0) is 38.8 Å². The highest BCUT2D eigenvalue weighted by Crippen LogP contribution is 2.26. The van der Waals surface area contributed by atoms with Crippen LogP contribution in [0.3, 0.4) is 0 Å². The van der Waals surface area contributed by atoms with Crippen molar-refractivity contribution < 1.29 is 4.79 Å². The van der Waals surface area contributed by atoms with Crippen LogP contribution in [-0.4, -0.2) is 18.5 Å². The smallest absolute Gasteiger partial charge is 0.220 e. The summed E-state index contributed by atoms with van der Waals surface area (Å²) in [6.45, 7) is 7.28. The minimum atomic E-state index is 0.179. The number of hydrogen-bond donors (Lipinski definition) is 2. The van der Waals surface area contributed by atoms with Gasteiger partial charge in [0.2, 0.25) is 5.91 Å². The van der Waals surface area contributed by atoms with E-state index < -0.39 is 0 Å². The van der Waals surface area contributed by atoms with Crippen molar-refractivity contribution in [3.63, 3.8) is 0 Å². The van der Waals surface area contributed by atoms with Gasteiger partial charge in [-0.2, -0.15) is 0 Å². The van der Waals surface area contributed by atoms with Crippen molar-refractivity contribution in [3.05, 3.63) is 21.4 Å². The van der Waals surface area contributed by atoms with Gasteiger partial charge in [0.1, 0.15) is 0 Å². The third-order valence-corrected chi connectivity index (χ3v) is 4.28. The van der Waals surface area contributed by atoms with E-state index in [0.29, 0.717) is 18.5 Å². The first-order chi connectivity index (χ1) is 8.06. The van der Waals surface area contributed by atoms with Gasteiger partial charge >= 0.3 is 0 Å². The van der Waals surface area contributed by atoms with E-state index in [9.17, 15) is 4.79 Å². The van der Waals surface area contributed by atoms with Crippen LogP contribution in [0.25, 0.3) is 0 Å². The van der Waals surface area contributed by atoms with Gasteiger partial charge in [-0.25, -0.2) is 0 Å². The number of thiophene rings is 1. The molecule has 1 aromatic heterocycles. The summed E-state index contributed by atoms with van der Waals surface area (Å²) in [6, 6.07) is 3.03. The Hall–Kier alpha value is -0.870. The third kappa shape index (κ3) is 3.07. The van der Waals surface area contributed by atoms with Gasteiger partial charge in [0.15, 0.2) is 0 Å². The van der Waals surface area contributed by atoms with Crippen LogP contribution in [0.2, 0.25) is 0 Å². The van der Waals surface area contributed by atoms with Crippen LogP contribution in [0.4, 0.5) is 0 Å². The molecule has 0 bridgehead atoms. The Morgan fingerprint density at radius 1 is 1.53 bits per heavy atom. The first-order valence-electron chi connectivity index (χ1n) is 6.16. The molecule has 0 radical (unpaired) electrons. The van der Waals surface area contributed by atoms with E-state index in [1.165, 1.54) is 15.3 Å². The Morgan fingerprint density at radius 3 is 2.82 bits per heavy atom. The van der Waals surface area contributed by atoms with Gasteiger partial charge < -0.3 is 10.6 Å². The average molecular weight is 252 g/mol. The predicted octanol–water partition coefficient (Wildman–Crippen LogP) is 2.29. The number of carbonyl (C=O) groups is 1. The lowest BCUT2D eigenvalue weighted by Gasteiger charge is -2.27. The molecule has 2 unspecified atom stereocenters. The van der Waals surface area contributed by atoms with Gasteiger partial charge in [0.05, 0.1) is 0 Å². The van der Waals surface area contributed by atoms with E-state index in [4.69, 9.17) is 0 Å². The molecular weight excluding hydrogens is 232 g/mol. The molecule has 17 heavy (non-hydrogen) atoms. The number of aryl methyl sites for hydroxylation is 2. The highest BCUT2D eigenvalue weighted by atomic mass is 32.1. The summed E-state index contributed by atoms with van der Waals surface area (Å²) in [6.07, 6.45) is 1.59. The van der Waals surface area contributed by atoms with Crippen molar-refractivity contribution in [2.24, 2.45) is 0 Å². The summed E-state index contributed by atoms with van der Waals surface area (Å²) in [4.78, 5) is 13.8. The lowest BCUT2D eigenvalue weighted by atomic mass is 10.0. The quantitative estimate of drug-likeness (QED) is 0.866. The fourth-order valence-corrected chi connectivity index (χ4v) is 3.42. The Labute approximate surface area is 107 Å². The van der Waals surface area contributed by atoms with E-state index in [-0.39, 0.29) is 5.91 Å². The van der Waals surface area contributed by atoms with E-state index in [2.05, 4.69) is 37.5 Å². The van der Waals surface area contributed by atoms with Crippen LogP contribution in [0.15, 0.2) is 6.07 Å². The Balaban J connectivity index is 1.95. The van der Waals surface area contributed by atoms with E-state index in [1.807, 2.05) is 11.3 Å². The molecule has 2 rings (SSSR count). The van der Waals surface area contributed by atoms with Crippen LogP contribution >= 0.6 is 11.3 Å². The molecule has 1 aliphatic heterocycles. The topological polar surface area (TPSA) is 41.1 Å². The van der Waals surface area contributed by atoms with Crippen LogP contribution in [0, 0.1) is 13.8 Å². The van der Waals surface area contributed by atoms with Crippen molar-refractivity contribution in [1.82, 2.24) is 10.6 Å². The highest BCUT2D eigenvalue weighted by molar-refractivity contribution is 7.12. The molecule has 2 heterocycles. The standard InChI is InChI=1S/C13H20N2OS/c1-8-6-12(10(3)17-8)9(2)15-11-4-5-13(16)14-7-11/h6,9,11,15H,4-5,7H2,1-3H3,(H,14,16). The zero-order chi connectivity index (χ0) is 12.4. The number of hydrogen-bond acceptors (Lipinski definition) is 3. The maximum absolute atomic E-state index is 11.1. The number of carbonyl (C=O) groups excluding carboxylic acids is 1. The molecule has 0 aliphatic carbocycles. The summed E-state index contributed by atoms with van der Waals surface area (Å²) in [5.74, 6) is 0.179. The summed E-state index contributed by atoms with van der Waals surface area (Å²) in [5, 5.41) is 6.51. The molecule has 1 aromatic rings. The summed E-state index contributed by atoms with van der Waals surface area (Å²) < 4.78 is 0. The van der Waals surface area contributed by atoms with Gasteiger partial charge in [0, 0.05) is 34.8 Å². The zero-order valence-corrected chi connectivity index (χ0v) is 11.5. The fraction of sp³-hybridized carbons (Fsp3) is 0.615. The average Bonchev–Trinajstić information content (AvgIpc) is 2.61. The molecule has 2 atom stereocenters. The predicted molar refractivity (Wildman–Crippen MR) is 71.4 cm³/mol. The molecule has 1 saturated heterocycles. The van der Waals surface area contributed by atoms with Gasteiger partial charge in [-0.1, -0.05) is 0 Å². The lowest BCUT2D eigenvalue weighted by molar-refractivity contribution is -0.122. The van der Waals surface area contributed by atoms with Crippen molar-refractivity contribution in [3.8, 4) is 0 Å². The van der Waals surface area contributed by atoms with Gasteiger partial charge in [-0.15, -0.1) is 11.3 Å². The molecule has 3 nitrogen and oxygen atoms in total. The molecule has 2 N–H and O–H groups in total. The molecular formula is C13H20N2OS. The van der Waals surface area contributed by atoms with E-state index >= 15 is 0 Å². The molecule has 4 heteroatoms. The highest BCUT2D eigenvalue weighted by Gasteiger charge is 2.20. The second-order valence-corrected chi connectivity index (χ2v) is 6.26. The summed E-state index contributed by atoms with van der Waals surface area (Å²) in [5.41, 5.74) is 1.39. The SMILES string of the molecule is Cc1cc(C(C)NC2CCC(=O)NC2)c(C)s1. The number of piperidine rings is 1. The Bertz CT molecular complexity index is 404. The minimum Gasteiger partial charge on any atom is -0.355 e. The summed E-state index contributed by atoms with van der Waals surface area (Å²) >= 11 is 1.85. The Kier molecular flexibility index (Phi) is 3.84. The van der Waals surface area contributed by atoms with Crippen molar-refractivity contribution in [2.75, 3.05) is 6.54 Å². The van der Waals surface area contributed by atoms with Crippen LogP contribution in [-0.2, 0) is 4.79 Å². The summed E-state index contributed by atoms with van der Waals surface area (Å²) in [7, 11) is 0. The van der Waals surface area contributed by atoms with Crippen molar-refractivity contribution in [2.45, 2.75) is 45.7 Å². The van der Waals surface area contributed by atoms with Crippen LogP contribution in [0.1, 0.15) is 41.1 Å². The number of nitrogens with one attached hydrogen (secondary N) is 2. The zero-order valence-electron chi connectivity index (χ0n) is 10.7. The minimum absolute atomic E-state index is 0.179. The lowest BCUT2D eigenvalue weighted by Crippen LogP contribution is -2.46. The van der Waals surface area contributed by atoms with Gasteiger partial charge in [-0.3, -0.25) is 4.79 Å². The number of rotatable bonds is 3. The van der Waals surface area contributed by atoms with E-state index in [0.717, 1.165) is 13.0 Å². The van der Waals surface area contributed by atoms with E-state index in [1.54, 1.807) is 0 Å².